The van der Waals surface area contributed by atoms with Crippen molar-refractivity contribution in [2.45, 2.75) is 18.9 Å². The van der Waals surface area contributed by atoms with Gasteiger partial charge in [-0.15, -0.1) is 0 Å². The highest BCUT2D eigenvalue weighted by Crippen LogP contribution is 2.41. The molecule has 12 nitrogen and oxygen atoms in total. The summed E-state index contributed by atoms with van der Waals surface area (Å²) in [5.74, 6) is -0.424. The molecule has 0 aliphatic carbocycles. The van der Waals surface area contributed by atoms with E-state index in [2.05, 4.69) is 30.7 Å². The molecule has 0 spiro atoms. The SMILES string of the molecule is [2H]C([2H])([2H])N1CCC[C@@H]1/C=C(\F)C(=O)Nc1cc2c(Nc3cc(Cl)c(Oc4ccn5ncnc5c4)cc3OC)ncnc2cc1OC. The van der Waals surface area contributed by atoms with E-state index in [1.807, 2.05) is 0 Å². The molecule has 0 bridgehead atoms. The second-order valence-corrected chi connectivity index (χ2v) is 10.2. The first-order chi connectivity index (χ1) is 22.5. The summed E-state index contributed by atoms with van der Waals surface area (Å²) in [6.07, 6.45) is 6.52. The van der Waals surface area contributed by atoms with Gasteiger partial charge in [0.15, 0.2) is 11.5 Å². The van der Waals surface area contributed by atoms with Gasteiger partial charge in [0, 0.05) is 39.9 Å². The van der Waals surface area contributed by atoms with E-state index in [4.69, 9.17) is 29.9 Å². The van der Waals surface area contributed by atoms with Gasteiger partial charge in [-0.1, -0.05) is 11.6 Å². The normalized spacial score (nSPS) is 16.8. The number of benzene rings is 2. The number of rotatable bonds is 9. The smallest absolute Gasteiger partial charge is 0.284 e. The van der Waals surface area contributed by atoms with Gasteiger partial charge < -0.3 is 24.8 Å². The van der Waals surface area contributed by atoms with Crippen molar-refractivity contribution in [3.05, 3.63) is 72.2 Å². The van der Waals surface area contributed by atoms with Gasteiger partial charge in [0.05, 0.1) is 36.1 Å². The minimum Gasteiger partial charge on any atom is -0.494 e. The second-order valence-electron chi connectivity index (χ2n) is 9.80. The number of likely N-dealkylation sites (N-methyl/N-ethyl adjacent to an activating group) is 1. The second kappa shape index (κ2) is 12.3. The minimum atomic E-state index is -2.40. The van der Waals surface area contributed by atoms with Crippen LogP contribution in [0.5, 0.6) is 23.0 Å². The van der Waals surface area contributed by atoms with E-state index in [-0.39, 0.29) is 23.0 Å². The summed E-state index contributed by atoms with van der Waals surface area (Å²) in [6.45, 7) is -2.11. The molecule has 226 valence electrons. The predicted molar refractivity (Wildman–Crippen MR) is 164 cm³/mol. The molecule has 5 aromatic rings. The number of anilines is 3. The van der Waals surface area contributed by atoms with E-state index in [0.717, 1.165) is 6.08 Å². The molecule has 4 heterocycles. The van der Waals surface area contributed by atoms with E-state index in [0.29, 0.717) is 58.1 Å². The third-order valence-corrected chi connectivity index (χ3v) is 7.34. The molecule has 1 saturated heterocycles. The van der Waals surface area contributed by atoms with E-state index in [1.54, 1.807) is 41.0 Å². The molecule has 2 N–H and O–H groups in total. The van der Waals surface area contributed by atoms with Crippen molar-refractivity contribution >= 4 is 51.3 Å². The van der Waals surface area contributed by atoms with Crippen LogP contribution < -0.4 is 24.8 Å². The maximum Gasteiger partial charge on any atom is 0.284 e. The average molecular weight is 622 g/mol. The van der Waals surface area contributed by atoms with Crippen LogP contribution in [0.3, 0.4) is 0 Å². The van der Waals surface area contributed by atoms with Crippen LogP contribution in [-0.2, 0) is 4.79 Å². The number of halogens is 2. The van der Waals surface area contributed by atoms with Crippen molar-refractivity contribution in [3.63, 3.8) is 0 Å². The number of fused-ring (bicyclic) bond motifs is 2. The standard InChI is InChI=1S/C30H28ClFN8O4/c1-39-7-4-5-17(39)9-21(32)30(41)38-23-11-19-22(13-26(23)42-2)33-15-35-29(19)37-24-12-20(31)25(14-27(24)43-3)44-18-6-8-40-28(10-18)34-16-36-40/h6,8-17H,4-5,7H2,1-3H3,(H,38,41)(H,33,35,37)/b21-9-/t17-/m1/s1/i1D3. The number of amides is 1. The average Bonchev–Trinajstić information content (AvgIpc) is 3.72. The van der Waals surface area contributed by atoms with Gasteiger partial charge >= 0.3 is 0 Å². The third kappa shape index (κ3) is 5.92. The van der Waals surface area contributed by atoms with Crippen molar-refractivity contribution in [3.8, 4) is 23.0 Å². The Bertz CT molecular complexity index is 2010. The molecule has 1 amide bonds. The number of ether oxygens (including phenoxy) is 3. The summed E-state index contributed by atoms with van der Waals surface area (Å²) < 4.78 is 56.8. The van der Waals surface area contributed by atoms with Gasteiger partial charge in [-0.2, -0.15) is 5.10 Å². The highest BCUT2D eigenvalue weighted by molar-refractivity contribution is 6.32. The number of aromatic nitrogens is 5. The molecule has 1 atom stereocenters. The van der Waals surface area contributed by atoms with Crippen LogP contribution in [0.4, 0.5) is 21.6 Å². The van der Waals surface area contributed by atoms with Crippen LogP contribution in [-0.4, -0.2) is 69.2 Å². The Morgan fingerprint density at radius 1 is 1.09 bits per heavy atom. The Hall–Kier alpha value is -5.01. The molecule has 1 aliphatic rings. The lowest BCUT2D eigenvalue weighted by Crippen LogP contribution is -2.24. The summed E-state index contributed by atoms with van der Waals surface area (Å²) in [4.78, 5) is 26.9. The number of carbonyl (C=O) groups is 1. The van der Waals surface area contributed by atoms with Gasteiger partial charge in [0.25, 0.3) is 5.91 Å². The Labute approximate surface area is 260 Å². The van der Waals surface area contributed by atoms with Crippen molar-refractivity contribution in [2.24, 2.45) is 0 Å². The first-order valence-electron chi connectivity index (χ1n) is 14.9. The first kappa shape index (κ1) is 25.5. The lowest BCUT2D eigenvalue weighted by molar-refractivity contribution is -0.114. The van der Waals surface area contributed by atoms with Crippen LogP contribution in [0.2, 0.25) is 5.02 Å². The Kier molecular flexibility index (Phi) is 7.13. The fraction of sp³-hybridized carbons (Fsp3) is 0.233. The van der Waals surface area contributed by atoms with Crippen molar-refractivity contribution in [2.75, 3.05) is 38.4 Å². The summed E-state index contributed by atoms with van der Waals surface area (Å²) in [5.41, 5.74) is 1.65. The number of nitrogens with zero attached hydrogens (tertiary/aromatic N) is 6. The summed E-state index contributed by atoms with van der Waals surface area (Å²) in [6, 6.07) is 9.03. The first-order valence-corrected chi connectivity index (χ1v) is 13.8. The van der Waals surface area contributed by atoms with Gasteiger partial charge in [-0.3, -0.25) is 9.69 Å². The van der Waals surface area contributed by atoms with Crippen LogP contribution >= 0.6 is 11.6 Å². The Morgan fingerprint density at radius 2 is 1.93 bits per heavy atom. The van der Waals surface area contributed by atoms with Crippen LogP contribution in [0.25, 0.3) is 16.6 Å². The molecule has 0 radical (unpaired) electrons. The van der Waals surface area contributed by atoms with Gasteiger partial charge in [-0.25, -0.2) is 23.9 Å². The van der Waals surface area contributed by atoms with Gasteiger partial charge in [-0.05, 0) is 50.6 Å². The van der Waals surface area contributed by atoms with Crippen molar-refractivity contribution in [1.29, 1.82) is 0 Å². The molecule has 44 heavy (non-hydrogen) atoms. The molecular formula is C30H28ClFN8O4. The zero-order valence-corrected chi connectivity index (χ0v) is 24.3. The maximum absolute atomic E-state index is 15.1. The summed E-state index contributed by atoms with van der Waals surface area (Å²) >= 11 is 6.61. The Morgan fingerprint density at radius 3 is 2.75 bits per heavy atom. The molecule has 6 rings (SSSR count). The number of hydrogen-bond donors (Lipinski definition) is 2. The summed E-state index contributed by atoms with van der Waals surface area (Å²) in [5, 5.41) is 10.5. The predicted octanol–water partition coefficient (Wildman–Crippen LogP) is 5.77. The van der Waals surface area contributed by atoms with Crippen LogP contribution in [0, 0.1) is 0 Å². The van der Waals surface area contributed by atoms with E-state index >= 15 is 4.39 Å². The number of hydrogen-bond acceptors (Lipinski definition) is 10. The minimum absolute atomic E-state index is 0.142. The number of methoxy groups -OCH3 is 2. The topological polar surface area (TPSA) is 128 Å². The zero-order valence-electron chi connectivity index (χ0n) is 26.5. The lowest BCUT2D eigenvalue weighted by Gasteiger charge is -2.17. The zero-order chi connectivity index (χ0) is 33.3. The maximum atomic E-state index is 15.1. The van der Waals surface area contributed by atoms with E-state index < -0.39 is 24.8 Å². The third-order valence-electron chi connectivity index (χ3n) is 7.05. The van der Waals surface area contributed by atoms with Crippen molar-refractivity contribution < 1.29 is 27.5 Å². The molecule has 14 heteroatoms. The molecular weight excluding hydrogens is 591 g/mol. The molecule has 2 aromatic carbocycles. The molecule has 1 fully saturated rings. The van der Waals surface area contributed by atoms with Crippen LogP contribution in [0.15, 0.2) is 67.2 Å². The molecule has 1 aliphatic heterocycles. The molecule has 0 saturated carbocycles. The fourth-order valence-electron chi connectivity index (χ4n) is 4.84. The van der Waals surface area contributed by atoms with E-state index in [1.165, 1.54) is 37.8 Å². The Balaban J connectivity index is 1.27. The van der Waals surface area contributed by atoms with Crippen molar-refractivity contribution in [1.82, 2.24) is 29.5 Å². The fourth-order valence-corrected chi connectivity index (χ4v) is 5.04. The highest BCUT2D eigenvalue weighted by Gasteiger charge is 2.22. The molecule has 3 aromatic heterocycles. The highest BCUT2D eigenvalue weighted by atomic mass is 35.5. The lowest BCUT2D eigenvalue weighted by atomic mass is 10.1. The number of pyridine rings is 1. The monoisotopic (exact) mass is 621 g/mol. The van der Waals surface area contributed by atoms with Crippen LogP contribution in [0.1, 0.15) is 17.0 Å². The largest absolute Gasteiger partial charge is 0.494 e. The number of carbonyl (C=O) groups excluding carboxylic acids is 1. The quantitative estimate of drug-likeness (QED) is 0.196. The number of nitrogens with one attached hydrogen (secondary N) is 2. The summed E-state index contributed by atoms with van der Waals surface area (Å²) in [7, 11) is 2.89. The number of likely N-dealkylation sites (tertiary alicyclic amines) is 1. The van der Waals surface area contributed by atoms with Gasteiger partial charge in [0.2, 0.25) is 0 Å². The molecule has 0 unspecified atom stereocenters. The van der Waals surface area contributed by atoms with E-state index in [9.17, 15) is 4.79 Å². The van der Waals surface area contributed by atoms with Gasteiger partial charge in [0.1, 0.15) is 41.5 Å².